The van der Waals surface area contributed by atoms with Gasteiger partial charge in [0.2, 0.25) is 0 Å². The average molecular weight is 328 g/mol. The Labute approximate surface area is 140 Å². The van der Waals surface area contributed by atoms with Crippen LogP contribution in [0, 0.1) is 13.8 Å². The highest BCUT2D eigenvalue weighted by Gasteiger charge is 2.14. The SMILES string of the molecule is Cc1nn(C)c(C)c1C(=O)/C=C/c1cccc(OCCC(=O)O)c1. The Kier molecular flexibility index (Phi) is 5.52. The summed E-state index contributed by atoms with van der Waals surface area (Å²) in [7, 11) is 1.81. The molecule has 0 fully saturated rings. The van der Waals surface area contributed by atoms with Gasteiger partial charge in [-0.25, -0.2) is 0 Å². The number of aliphatic carboxylic acids is 1. The Hall–Kier alpha value is -2.89. The van der Waals surface area contributed by atoms with Crippen LogP contribution < -0.4 is 4.74 Å². The quantitative estimate of drug-likeness (QED) is 0.624. The molecule has 0 saturated carbocycles. The topological polar surface area (TPSA) is 81.4 Å². The minimum absolute atomic E-state index is 0.0574. The van der Waals surface area contributed by atoms with Gasteiger partial charge in [-0.05, 0) is 37.6 Å². The van der Waals surface area contributed by atoms with Crippen LogP contribution in [0.3, 0.4) is 0 Å². The molecular weight excluding hydrogens is 308 g/mol. The summed E-state index contributed by atoms with van der Waals surface area (Å²) in [5, 5.41) is 12.9. The molecule has 0 amide bonds. The van der Waals surface area contributed by atoms with Crippen molar-refractivity contribution in [3.05, 3.63) is 52.9 Å². The summed E-state index contributed by atoms with van der Waals surface area (Å²) in [6.45, 7) is 3.78. The van der Waals surface area contributed by atoms with E-state index in [4.69, 9.17) is 9.84 Å². The number of aryl methyl sites for hydroxylation is 2. The number of carboxylic acid groups (broad SMARTS) is 1. The summed E-state index contributed by atoms with van der Waals surface area (Å²) in [6, 6.07) is 7.14. The number of rotatable bonds is 7. The predicted molar refractivity (Wildman–Crippen MR) is 90.2 cm³/mol. The standard InChI is InChI=1S/C18H20N2O4/c1-12-18(13(2)20(3)19-12)16(21)8-7-14-5-4-6-15(11-14)24-10-9-17(22)23/h4-8,11H,9-10H2,1-3H3,(H,22,23)/b8-7+. The Morgan fingerprint density at radius 1 is 1.33 bits per heavy atom. The number of hydrogen-bond donors (Lipinski definition) is 1. The summed E-state index contributed by atoms with van der Waals surface area (Å²) in [6.07, 6.45) is 3.16. The molecule has 1 heterocycles. The van der Waals surface area contributed by atoms with Gasteiger partial charge in [-0.3, -0.25) is 14.3 Å². The zero-order chi connectivity index (χ0) is 17.7. The van der Waals surface area contributed by atoms with Gasteiger partial charge in [-0.1, -0.05) is 18.2 Å². The minimum atomic E-state index is -0.904. The van der Waals surface area contributed by atoms with Crippen LogP contribution in [0.15, 0.2) is 30.3 Å². The summed E-state index contributed by atoms with van der Waals surface area (Å²) in [5.74, 6) is -0.436. The van der Waals surface area contributed by atoms with Crippen LogP contribution in [-0.2, 0) is 11.8 Å². The fourth-order valence-corrected chi connectivity index (χ4v) is 2.35. The number of carbonyl (C=O) groups is 2. The molecule has 1 aromatic heterocycles. The lowest BCUT2D eigenvalue weighted by atomic mass is 10.1. The molecule has 0 atom stereocenters. The maximum absolute atomic E-state index is 12.4. The van der Waals surface area contributed by atoms with Gasteiger partial charge in [-0.15, -0.1) is 0 Å². The van der Waals surface area contributed by atoms with E-state index in [0.717, 1.165) is 11.3 Å². The molecule has 0 aliphatic rings. The molecule has 1 aromatic carbocycles. The van der Waals surface area contributed by atoms with Gasteiger partial charge < -0.3 is 9.84 Å². The number of ether oxygens (including phenoxy) is 1. The normalized spacial score (nSPS) is 11.0. The van der Waals surface area contributed by atoms with Crippen LogP contribution in [0.1, 0.15) is 33.7 Å². The second-order valence-corrected chi connectivity index (χ2v) is 5.43. The molecule has 0 bridgehead atoms. The number of hydrogen-bond acceptors (Lipinski definition) is 4. The van der Waals surface area contributed by atoms with Crippen molar-refractivity contribution in [3.8, 4) is 5.75 Å². The maximum atomic E-state index is 12.4. The smallest absolute Gasteiger partial charge is 0.306 e. The first-order valence-corrected chi connectivity index (χ1v) is 7.55. The van der Waals surface area contributed by atoms with E-state index in [0.29, 0.717) is 17.0 Å². The average Bonchev–Trinajstić information content (AvgIpc) is 2.78. The third kappa shape index (κ3) is 4.32. The van der Waals surface area contributed by atoms with Crippen molar-refractivity contribution < 1.29 is 19.4 Å². The van der Waals surface area contributed by atoms with Gasteiger partial charge in [0.1, 0.15) is 5.75 Å². The first-order valence-electron chi connectivity index (χ1n) is 7.55. The van der Waals surface area contributed by atoms with Crippen molar-refractivity contribution in [3.63, 3.8) is 0 Å². The first-order chi connectivity index (χ1) is 11.4. The van der Waals surface area contributed by atoms with Gasteiger partial charge in [0.25, 0.3) is 0 Å². The second kappa shape index (κ2) is 7.59. The molecule has 6 nitrogen and oxygen atoms in total. The number of allylic oxidation sites excluding steroid dienone is 1. The molecule has 0 spiro atoms. The monoisotopic (exact) mass is 328 g/mol. The lowest BCUT2D eigenvalue weighted by Gasteiger charge is -2.05. The summed E-state index contributed by atoms with van der Waals surface area (Å²) in [4.78, 5) is 22.9. The zero-order valence-corrected chi connectivity index (χ0v) is 13.9. The molecule has 24 heavy (non-hydrogen) atoms. The molecule has 0 unspecified atom stereocenters. The maximum Gasteiger partial charge on any atom is 0.306 e. The van der Waals surface area contributed by atoms with E-state index < -0.39 is 5.97 Å². The van der Waals surface area contributed by atoms with Crippen molar-refractivity contribution >= 4 is 17.8 Å². The predicted octanol–water partition coefficient (Wildman–Crippen LogP) is 2.79. The Bertz CT molecular complexity index is 790. The molecule has 0 saturated heterocycles. The number of nitrogens with zero attached hydrogens (tertiary/aromatic N) is 2. The van der Waals surface area contributed by atoms with Gasteiger partial charge in [0.15, 0.2) is 5.78 Å². The third-order valence-corrected chi connectivity index (χ3v) is 3.63. The minimum Gasteiger partial charge on any atom is -0.493 e. The van der Waals surface area contributed by atoms with Crippen molar-refractivity contribution in [1.29, 1.82) is 0 Å². The highest BCUT2D eigenvalue weighted by molar-refractivity contribution is 6.08. The van der Waals surface area contributed by atoms with E-state index in [-0.39, 0.29) is 18.8 Å². The van der Waals surface area contributed by atoms with Crippen LogP contribution in [0.2, 0.25) is 0 Å². The van der Waals surface area contributed by atoms with Gasteiger partial charge >= 0.3 is 5.97 Å². The number of aromatic nitrogens is 2. The fourth-order valence-electron chi connectivity index (χ4n) is 2.35. The highest BCUT2D eigenvalue weighted by Crippen LogP contribution is 2.17. The molecule has 6 heteroatoms. The number of benzene rings is 1. The van der Waals surface area contributed by atoms with Crippen molar-refractivity contribution in [2.24, 2.45) is 7.05 Å². The van der Waals surface area contributed by atoms with Crippen molar-refractivity contribution in [1.82, 2.24) is 9.78 Å². The molecule has 0 aliphatic carbocycles. The summed E-state index contributed by atoms with van der Waals surface area (Å²) in [5.41, 5.74) is 2.95. The van der Waals surface area contributed by atoms with Gasteiger partial charge in [0, 0.05) is 12.7 Å². The van der Waals surface area contributed by atoms with E-state index in [2.05, 4.69) is 5.10 Å². The van der Waals surface area contributed by atoms with Crippen LogP contribution >= 0.6 is 0 Å². The van der Waals surface area contributed by atoms with E-state index >= 15 is 0 Å². The molecule has 2 aromatic rings. The largest absolute Gasteiger partial charge is 0.493 e. The second-order valence-electron chi connectivity index (χ2n) is 5.43. The van der Waals surface area contributed by atoms with Crippen molar-refractivity contribution in [2.45, 2.75) is 20.3 Å². The van der Waals surface area contributed by atoms with E-state index in [1.54, 1.807) is 36.0 Å². The van der Waals surface area contributed by atoms with E-state index in [1.807, 2.05) is 19.9 Å². The molecule has 126 valence electrons. The molecule has 0 radical (unpaired) electrons. The van der Waals surface area contributed by atoms with Gasteiger partial charge in [-0.2, -0.15) is 5.10 Å². The first kappa shape index (κ1) is 17.5. The molecule has 2 rings (SSSR count). The Balaban J connectivity index is 2.08. The third-order valence-electron chi connectivity index (χ3n) is 3.63. The molecule has 1 N–H and O–H groups in total. The van der Waals surface area contributed by atoms with Crippen LogP contribution in [0.4, 0.5) is 0 Å². The van der Waals surface area contributed by atoms with Crippen LogP contribution in [-0.4, -0.2) is 33.2 Å². The lowest BCUT2D eigenvalue weighted by Crippen LogP contribution is -2.04. The summed E-state index contributed by atoms with van der Waals surface area (Å²) < 4.78 is 7.07. The number of carboxylic acids is 1. The molecular formula is C18H20N2O4. The molecule has 0 aliphatic heterocycles. The van der Waals surface area contributed by atoms with Crippen LogP contribution in [0.5, 0.6) is 5.75 Å². The number of ketones is 1. The van der Waals surface area contributed by atoms with Crippen LogP contribution in [0.25, 0.3) is 6.08 Å². The highest BCUT2D eigenvalue weighted by atomic mass is 16.5. The van der Waals surface area contributed by atoms with Crippen molar-refractivity contribution in [2.75, 3.05) is 6.61 Å². The summed E-state index contributed by atoms with van der Waals surface area (Å²) >= 11 is 0. The van der Waals surface area contributed by atoms with Gasteiger partial charge in [0.05, 0.1) is 24.3 Å². The van der Waals surface area contributed by atoms with E-state index in [1.165, 1.54) is 6.08 Å². The zero-order valence-electron chi connectivity index (χ0n) is 13.9. The van der Waals surface area contributed by atoms with E-state index in [9.17, 15) is 9.59 Å². The number of carbonyl (C=O) groups excluding carboxylic acids is 1. The fraction of sp³-hybridized carbons (Fsp3) is 0.278. The lowest BCUT2D eigenvalue weighted by molar-refractivity contribution is -0.137. The Morgan fingerprint density at radius 3 is 2.71 bits per heavy atom. The Morgan fingerprint density at radius 2 is 2.08 bits per heavy atom.